The van der Waals surface area contributed by atoms with Gasteiger partial charge in [-0.05, 0) is 23.6 Å². The number of aromatic nitrogens is 2. The van der Waals surface area contributed by atoms with Crippen molar-refractivity contribution in [3.8, 4) is 0 Å². The highest BCUT2D eigenvalue weighted by Crippen LogP contribution is 2.28. The Balaban J connectivity index is 0.000000360. The molecule has 0 radical (unpaired) electrons. The van der Waals surface area contributed by atoms with Crippen molar-refractivity contribution in [2.24, 2.45) is 0 Å². The minimum atomic E-state index is -5.08. The number of nitrogens with zero attached hydrogens (tertiary/aromatic N) is 3. The van der Waals surface area contributed by atoms with E-state index in [2.05, 4.69) is 24.9 Å². The third-order valence-corrected chi connectivity index (χ3v) is 6.98. The van der Waals surface area contributed by atoms with Gasteiger partial charge in [-0.25, -0.2) is 18.2 Å². The first-order chi connectivity index (χ1) is 15.1. The van der Waals surface area contributed by atoms with Crippen molar-refractivity contribution in [2.75, 3.05) is 35.8 Å². The summed E-state index contributed by atoms with van der Waals surface area (Å²) in [5.41, 5.74) is 0.781. The molecule has 14 heteroatoms. The van der Waals surface area contributed by atoms with E-state index < -0.39 is 22.2 Å². The summed E-state index contributed by atoms with van der Waals surface area (Å²) in [5, 5.41) is 13.0. The lowest BCUT2D eigenvalue weighted by molar-refractivity contribution is -0.192. The van der Waals surface area contributed by atoms with Crippen LogP contribution in [0.4, 0.5) is 24.8 Å². The number of carbonyl (C=O) groups is 1. The Morgan fingerprint density at radius 3 is 2.50 bits per heavy atom. The maximum Gasteiger partial charge on any atom is 0.490 e. The fourth-order valence-electron chi connectivity index (χ4n) is 2.82. The van der Waals surface area contributed by atoms with Crippen LogP contribution >= 0.6 is 11.3 Å². The number of carboxylic acid groups (broad SMARTS) is 1. The Morgan fingerprint density at radius 1 is 1.22 bits per heavy atom. The lowest BCUT2D eigenvalue weighted by Crippen LogP contribution is -2.44. The van der Waals surface area contributed by atoms with Crippen LogP contribution in [0.2, 0.25) is 0 Å². The molecule has 1 aliphatic heterocycles. The van der Waals surface area contributed by atoms with Gasteiger partial charge in [0.25, 0.3) is 10.0 Å². The van der Waals surface area contributed by atoms with Gasteiger partial charge in [-0.1, -0.05) is 12.1 Å². The highest BCUT2D eigenvalue weighted by Gasteiger charge is 2.38. The Kier molecular flexibility index (Phi) is 7.16. The van der Waals surface area contributed by atoms with E-state index in [-0.39, 0.29) is 4.21 Å². The number of hydrogen-bond donors (Lipinski definition) is 3. The molecule has 172 valence electrons. The lowest BCUT2D eigenvalue weighted by Gasteiger charge is -2.29. The summed E-state index contributed by atoms with van der Waals surface area (Å²) in [4.78, 5) is 20.0. The van der Waals surface area contributed by atoms with E-state index in [0.29, 0.717) is 11.6 Å². The van der Waals surface area contributed by atoms with Crippen LogP contribution in [-0.4, -0.2) is 61.8 Å². The number of piperazine rings is 1. The number of aliphatic carboxylic acids is 1. The standard InChI is InChI=1S/C16H17N5O2S2.C2HF3O2/c22-25(23,14-4-2-10-24-14)20-13-11-12-3-1-5-18-15(12)16(19-13)21-8-6-17-7-9-21;3-2(4,5)1(6)7/h1-5,10-11,17H,6-9H2,(H,19,20);(H,6,7). The normalized spacial score (nSPS) is 14.5. The molecule has 0 spiro atoms. The highest BCUT2D eigenvalue weighted by molar-refractivity contribution is 7.94. The van der Waals surface area contributed by atoms with Crippen LogP contribution in [0.15, 0.2) is 46.1 Å². The molecular weight excluding hydrogens is 471 g/mol. The third-order valence-electron chi connectivity index (χ3n) is 4.23. The van der Waals surface area contributed by atoms with Crippen LogP contribution in [-0.2, 0) is 14.8 Å². The molecule has 3 N–H and O–H groups in total. The topological polar surface area (TPSA) is 125 Å². The quantitative estimate of drug-likeness (QED) is 0.511. The van der Waals surface area contributed by atoms with Crippen LogP contribution in [0.1, 0.15) is 0 Å². The Labute approximate surface area is 185 Å². The molecule has 9 nitrogen and oxygen atoms in total. The average molecular weight is 490 g/mol. The van der Waals surface area contributed by atoms with Gasteiger partial charge in [-0.3, -0.25) is 9.71 Å². The van der Waals surface area contributed by atoms with Crippen LogP contribution in [0.25, 0.3) is 10.9 Å². The van der Waals surface area contributed by atoms with E-state index in [1.165, 1.54) is 11.3 Å². The summed E-state index contributed by atoms with van der Waals surface area (Å²) in [6.45, 7) is 3.34. The maximum absolute atomic E-state index is 12.5. The number of carboxylic acids is 1. The first kappa shape index (κ1) is 23.7. The van der Waals surface area contributed by atoms with Gasteiger partial charge in [-0.15, -0.1) is 11.3 Å². The largest absolute Gasteiger partial charge is 0.490 e. The summed E-state index contributed by atoms with van der Waals surface area (Å²) < 4.78 is 59.6. The maximum atomic E-state index is 12.5. The second-order valence-corrected chi connectivity index (χ2v) is 9.34. The number of fused-ring (bicyclic) bond motifs is 1. The van der Waals surface area contributed by atoms with E-state index >= 15 is 0 Å². The van der Waals surface area contributed by atoms with Crippen LogP contribution in [0, 0.1) is 0 Å². The molecule has 0 atom stereocenters. The molecular formula is C18H18F3N5O4S2. The van der Waals surface area contributed by atoms with E-state index in [4.69, 9.17) is 9.90 Å². The highest BCUT2D eigenvalue weighted by atomic mass is 32.2. The van der Waals surface area contributed by atoms with Crippen molar-refractivity contribution in [3.05, 3.63) is 41.9 Å². The van der Waals surface area contributed by atoms with Gasteiger partial charge >= 0.3 is 12.1 Å². The van der Waals surface area contributed by atoms with Gasteiger partial charge in [0.05, 0.1) is 0 Å². The Morgan fingerprint density at radius 2 is 1.91 bits per heavy atom. The van der Waals surface area contributed by atoms with Crippen molar-refractivity contribution in [1.29, 1.82) is 0 Å². The first-order valence-electron chi connectivity index (χ1n) is 9.16. The molecule has 32 heavy (non-hydrogen) atoms. The number of thiophene rings is 1. The molecule has 0 amide bonds. The molecule has 0 saturated carbocycles. The SMILES string of the molecule is O=C(O)C(F)(F)F.O=S(=O)(Nc1cc2cccnc2c(N2CCNCC2)n1)c1cccs1. The fourth-order valence-corrected chi connectivity index (χ4v) is 4.81. The van der Waals surface area contributed by atoms with Crippen molar-refractivity contribution in [1.82, 2.24) is 15.3 Å². The van der Waals surface area contributed by atoms with Gasteiger partial charge in [0.15, 0.2) is 5.82 Å². The van der Waals surface area contributed by atoms with Gasteiger partial charge in [0, 0.05) is 37.8 Å². The smallest absolute Gasteiger partial charge is 0.475 e. The van der Waals surface area contributed by atoms with Gasteiger partial charge in [0.1, 0.15) is 15.5 Å². The number of anilines is 2. The number of rotatable bonds is 4. The van der Waals surface area contributed by atoms with E-state index in [1.807, 2.05) is 12.1 Å². The second-order valence-electron chi connectivity index (χ2n) is 6.48. The average Bonchev–Trinajstić information content (AvgIpc) is 3.29. The van der Waals surface area contributed by atoms with Crippen molar-refractivity contribution in [3.63, 3.8) is 0 Å². The van der Waals surface area contributed by atoms with E-state index in [1.54, 1.807) is 29.8 Å². The summed E-state index contributed by atoms with van der Waals surface area (Å²) >= 11 is 1.18. The molecule has 4 rings (SSSR count). The molecule has 4 heterocycles. The molecule has 3 aromatic heterocycles. The van der Waals surface area contributed by atoms with Gasteiger partial charge < -0.3 is 15.3 Å². The lowest BCUT2D eigenvalue weighted by atomic mass is 10.2. The van der Waals surface area contributed by atoms with Crippen molar-refractivity contribution >= 4 is 49.9 Å². The van der Waals surface area contributed by atoms with Gasteiger partial charge in [0.2, 0.25) is 0 Å². The van der Waals surface area contributed by atoms with Crippen molar-refractivity contribution in [2.45, 2.75) is 10.4 Å². The molecule has 0 aliphatic carbocycles. The summed E-state index contributed by atoms with van der Waals surface area (Å²) in [7, 11) is -3.63. The number of sulfonamides is 1. The Hall–Kier alpha value is -2.97. The predicted molar refractivity (Wildman–Crippen MR) is 113 cm³/mol. The van der Waals surface area contributed by atoms with Crippen LogP contribution < -0.4 is 14.9 Å². The molecule has 0 unspecified atom stereocenters. The minimum Gasteiger partial charge on any atom is -0.475 e. The van der Waals surface area contributed by atoms with Crippen LogP contribution in [0.3, 0.4) is 0 Å². The monoisotopic (exact) mass is 489 g/mol. The molecule has 3 aromatic rings. The van der Waals surface area contributed by atoms with Crippen molar-refractivity contribution < 1.29 is 31.5 Å². The summed E-state index contributed by atoms with van der Waals surface area (Å²) in [6.07, 6.45) is -3.36. The molecule has 0 aromatic carbocycles. The zero-order valence-electron chi connectivity index (χ0n) is 16.3. The summed E-state index contributed by atoms with van der Waals surface area (Å²) in [5.74, 6) is -1.74. The molecule has 0 bridgehead atoms. The number of nitrogens with one attached hydrogen (secondary N) is 2. The van der Waals surface area contributed by atoms with Gasteiger partial charge in [-0.2, -0.15) is 13.2 Å². The minimum absolute atomic E-state index is 0.268. The molecule has 1 saturated heterocycles. The zero-order chi connectivity index (χ0) is 23.4. The second kappa shape index (κ2) is 9.67. The van der Waals surface area contributed by atoms with E-state index in [9.17, 15) is 21.6 Å². The number of pyridine rings is 2. The Bertz CT molecular complexity index is 1180. The predicted octanol–water partition coefficient (Wildman–Crippen LogP) is 2.54. The zero-order valence-corrected chi connectivity index (χ0v) is 18.0. The molecule has 1 aliphatic rings. The summed E-state index contributed by atoms with van der Waals surface area (Å²) in [6, 6.07) is 8.76. The van der Waals surface area contributed by atoms with Crippen LogP contribution in [0.5, 0.6) is 0 Å². The fraction of sp³-hybridized carbons (Fsp3) is 0.278. The first-order valence-corrected chi connectivity index (χ1v) is 11.5. The molecule has 1 fully saturated rings. The third kappa shape index (κ3) is 5.83. The number of hydrogen-bond acceptors (Lipinski definition) is 8. The van der Waals surface area contributed by atoms with E-state index in [0.717, 1.165) is 37.1 Å². The number of halogens is 3. The number of alkyl halides is 3.